The summed E-state index contributed by atoms with van der Waals surface area (Å²) in [5.41, 5.74) is 4.09. The molecule has 7 nitrogen and oxygen atoms in total. The lowest BCUT2D eigenvalue weighted by Gasteiger charge is -2.36. The number of rotatable bonds is 6. The Bertz CT molecular complexity index is 1110. The second kappa shape index (κ2) is 8.59. The molecular weight excluding hydrogens is 406 g/mol. The minimum Gasteiger partial charge on any atom is -0.481 e. The lowest BCUT2D eigenvalue weighted by Crippen LogP contribution is -2.49. The number of hydrogen-bond donors (Lipinski definition) is 2. The highest BCUT2D eigenvalue weighted by atomic mass is 16.5. The first-order valence-corrected chi connectivity index (χ1v) is 10.6. The molecule has 1 amide bonds. The third-order valence-electron chi connectivity index (χ3n) is 5.70. The predicted octanol–water partition coefficient (Wildman–Crippen LogP) is 4.41. The zero-order chi connectivity index (χ0) is 22.9. The quantitative estimate of drug-likeness (QED) is 0.598. The highest BCUT2D eigenvalue weighted by molar-refractivity contribution is 6.03. The lowest BCUT2D eigenvalue weighted by molar-refractivity contribution is -0.147. The van der Waals surface area contributed by atoms with E-state index >= 15 is 0 Å². The van der Waals surface area contributed by atoms with Gasteiger partial charge < -0.3 is 14.9 Å². The first-order valence-electron chi connectivity index (χ1n) is 10.6. The van der Waals surface area contributed by atoms with Crippen molar-refractivity contribution in [3.8, 4) is 11.3 Å². The number of carbonyl (C=O) groups excluding carboxylic acids is 1. The van der Waals surface area contributed by atoms with Gasteiger partial charge in [0.1, 0.15) is 0 Å². The van der Waals surface area contributed by atoms with Crippen LogP contribution in [0.3, 0.4) is 0 Å². The third-order valence-corrected chi connectivity index (χ3v) is 5.70. The molecule has 0 bridgehead atoms. The van der Waals surface area contributed by atoms with E-state index < -0.39 is 5.97 Å². The van der Waals surface area contributed by atoms with Gasteiger partial charge in [-0.25, -0.2) is 0 Å². The Morgan fingerprint density at radius 1 is 1.09 bits per heavy atom. The van der Waals surface area contributed by atoms with Crippen molar-refractivity contribution in [1.29, 1.82) is 0 Å². The number of nitrogens with one attached hydrogen (secondary N) is 1. The van der Waals surface area contributed by atoms with Gasteiger partial charge >= 0.3 is 5.97 Å². The third kappa shape index (κ3) is 4.89. The average Bonchev–Trinajstić information content (AvgIpc) is 3.21. The Morgan fingerprint density at radius 2 is 1.75 bits per heavy atom. The smallest absolute Gasteiger partial charge is 0.309 e. The number of aromatic nitrogens is 1. The summed E-state index contributed by atoms with van der Waals surface area (Å²) in [6.45, 7) is 8.31. The summed E-state index contributed by atoms with van der Waals surface area (Å²) >= 11 is 0. The van der Waals surface area contributed by atoms with Crippen molar-refractivity contribution in [3.05, 3.63) is 71.4 Å². The molecule has 3 aromatic rings. The van der Waals surface area contributed by atoms with Gasteiger partial charge in [-0.2, -0.15) is 0 Å². The van der Waals surface area contributed by atoms with Gasteiger partial charge in [0.05, 0.1) is 5.92 Å². The molecule has 0 radical (unpaired) electrons. The van der Waals surface area contributed by atoms with Crippen LogP contribution in [0.4, 0.5) is 5.69 Å². The number of benzene rings is 2. The van der Waals surface area contributed by atoms with Crippen LogP contribution < -0.4 is 5.32 Å². The molecule has 1 aliphatic rings. The Morgan fingerprint density at radius 3 is 2.34 bits per heavy atom. The fourth-order valence-corrected chi connectivity index (χ4v) is 3.65. The minimum atomic E-state index is -0.739. The minimum absolute atomic E-state index is 0.0662. The molecule has 2 aromatic carbocycles. The van der Waals surface area contributed by atoms with E-state index in [0.717, 1.165) is 11.1 Å². The molecule has 32 heavy (non-hydrogen) atoms. The molecule has 0 saturated carbocycles. The molecule has 1 aromatic heterocycles. The van der Waals surface area contributed by atoms with Crippen molar-refractivity contribution < 1.29 is 19.2 Å². The first-order chi connectivity index (χ1) is 15.2. The zero-order valence-electron chi connectivity index (χ0n) is 18.5. The van der Waals surface area contributed by atoms with E-state index in [9.17, 15) is 9.59 Å². The number of likely N-dealkylation sites (tertiary alicyclic amines) is 1. The van der Waals surface area contributed by atoms with E-state index in [1.54, 1.807) is 6.07 Å². The van der Waals surface area contributed by atoms with Crippen molar-refractivity contribution in [2.24, 2.45) is 5.92 Å². The van der Waals surface area contributed by atoms with Crippen LogP contribution in [-0.2, 0) is 16.8 Å². The van der Waals surface area contributed by atoms with Gasteiger partial charge in [-0.1, -0.05) is 62.3 Å². The van der Waals surface area contributed by atoms with E-state index in [1.165, 1.54) is 5.56 Å². The van der Waals surface area contributed by atoms with Crippen LogP contribution in [0.2, 0.25) is 0 Å². The number of hydrogen-bond acceptors (Lipinski definition) is 5. The molecule has 2 N–H and O–H groups in total. The first kappa shape index (κ1) is 21.8. The molecule has 7 heteroatoms. The standard InChI is InChI=1S/C25H27N3O4/c1-25(2,3)19-8-6-17(7-9-19)22-12-21(27-32-22)23(29)26-20-10-4-16(5-11-20)13-28-14-18(15-28)24(30)31/h4-12,18H,13-15H2,1-3H3,(H,26,29)(H,30,31). The van der Waals surface area contributed by atoms with Crippen molar-refractivity contribution in [2.45, 2.75) is 32.7 Å². The Labute approximate surface area is 187 Å². The van der Waals surface area contributed by atoms with E-state index in [0.29, 0.717) is 31.1 Å². The Hall–Kier alpha value is -3.45. The molecule has 0 unspecified atom stereocenters. The number of carboxylic acid groups (broad SMARTS) is 1. The fourth-order valence-electron chi connectivity index (χ4n) is 3.65. The highest BCUT2D eigenvalue weighted by Crippen LogP contribution is 2.27. The number of carboxylic acids is 1. The molecule has 2 heterocycles. The van der Waals surface area contributed by atoms with Gasteiger partial charge in [-0.15, -0.1) is 0 Å². The van der Waals surface area contributed by atoms with Gasteiger partial charge in [0.2, 0.25) is 0 Å². The van der Waals surface area contributed by atoms with Crippen LogP contribution in [0, 0.1) is 5.92 Å². The lowest BCUT2D eigenvalue weighted by atomic mass is 9.86. The van der Waals surface area contributed by atoms with Gasteiger partial charge in [-0.05, 0) is 28.7 Å². The maximum Gasteiger partial charge on any atom is 0.309 e. The van der Waals surface area contributed by atoms with Crippen LogP contribution in [0.25, 0.3) is 11.3 Å². The largest absolute Gasteiger partial charge is 0.481 e. The van der Waals surface area contributed by atoms with E-state index in [2.05, 4.69) is 48.3 Å². The molecule has 0 aliphatic carbocycles. The van der Waals surface area contributed by atoms with E-state index in [1.807, 2.05) is 36.4 Å². The normalized spacial score (nSPS) is 14.7. The van der Waals surface area contributed by atoms with Crippen molar-refractivity contribution >= 4 is 17.6 Å². The summed E-state index contributed by atoms with van der Waals surface area (Å²) in [6.07, 6.45) is 0. The van der Waals surface area contributed by atoms with Crippen molar-refractivity contribution in [2.75, 3.05) is 18.4 Å². The Kier molecular flexibility index (Phi) is 5.84. The summed E-state index contributed by atoms with van der Waals surface area (Å²) in [7, 11) is 0. The number of anilines is 1. The predicted molar refractivity (Wildman–Crippen MR) is 121 cm³/mol. The van der Waals surface area contributed by atoms with Crippen LogP contribution in [0.5, 0.6) is 0 Å². The van der Waals surface area contributed by atoms with Crippen LogP contribution in [-0.4, -0.2) is 40.1 Å². The summed E-state index contributed by atoms with van der Waals surface area (Å²) in [5.74, 6) is -0.805. The summed E-state index contributed by atoms with van der Waals surface area (Å²) in [5, 5.41) is 15.7. The topological polar surface area (TPSA) is 95.7 Å². The van der Waals surface area contributed by atoms with E-state index in [4.69, 9.17) is 9.63 Å². The Balaban J connectivity index is 1.34. The van der Waals surface area contributed by atoms with Gasteiger partial charge in [-0.3, -0.25) is 14.5 Å². The molecule has 0 spiro atoms. The van der Waals surface area contributed by atoms with Gasteiger partial charge in [0, 0.05) is 37.0 Å². The second-order valence-electron chi connectivity index (χ2n) is 9.28. The molecule has 1 aliphatic heterocycles. The number of nitrogens with zero attached hydrogens (tertiary/aromatic N) is 2. The maximum atomic E-state index is 12.6. The summed E-state index contributed by atoms with van der Waals surface area (Å²) in [4.78, 5) is 25.5. The summed E-state index contributed by atoms with van der Waals surface area (Å²) in [6, 6.07) is 17.2. The maximum absolute atomic E-state index is 12.6. The molecular formula is C25H27N3O4. The average molecular weight is 434 g/mol. The van der Waals surface area contributed by atoms with Crippen LogP contribution in [0.1, 0.15) is 42.4 Å². The van der Waals surface area contributed by atoms with Crippen LogP contribution >= 0.6 is 0 Å². The van der Waals surface area contributed by atoms with Crippen molar-refractivity contribution in [3.63, 3.8) is 0 Å². The molecule has 1 fully saturated rings. The highest BCUT2D eigenvalue weighted by Gasteiger charge is 2.32. The SMILES string of the molecule is CC(C)(C)c1ccc(-c2cc(C(=O)Nc3ccc(CN4CC(C(=O)O)C4)cc3)no2)cc1. The second-order valence-corrected chi connectivity index (χ2v) is 9.28. The molecule has 166 valence electrons. The van der Waals surface area contributed by atoms with Crippen LogP contribution in [0.15, 0.2) is 59.1 Å². The number of amides is 1. The van der Waals surface area contributed by atoms with E-state index in [-0.39, 0.29) is 22.9 Å². The van der Waals surface area contributed by atoms with Gasteiger partial charge in [0.15, 0.2) is 11.5 Å². The number of aliphatic carboxylic acids is 1. The monoisotopic (exact) mass is 433 g/mol. The summed E-state index contributed by atoms with van der Waals surface area (Å²) < 4.78 is 5.38. The molecule has 4 rings (SSSR count). The van der Waals surface area contributed by atoms with Crippen molar-refractivity contribution in [1.82, 2.24) is 10.1 Å². The van der Waals surface area contributed by atoms with Gasteiger partial charge in [0.25, 0.3) is 5.91 Å². The number of carbonyl (C=O) groups is 2. The fraction of sp³-hybridized carbons (Fsp3) is 0.320. The molecule has 1 saturated heterocycles. The zero-order valence-corrected chi connectivity index (χ0v) is 18.5. The molecule has 0 atom stereocenters.